The van der Waals surface area contributed by atoms with Crippen LogP contribution in [0.5, 0.6) is 0 Å². The second-order valence-electron chi connectivity index (χ2n) is 7.78. The van der Waals surface area contributed by atoms with E-state index in [2.05, 4.69) is 58.3 Å². The highest BCUT2D eigenvalue weighted by Gasteiger charge is 2.16. The number of hydrogen-bond donors (Lipinski definition) is 4. The van der Waals surface area contributed by atoms with Gasteiger partial charge in [-0.15, -0.1) is 11.8 Å². The number of fused-ring (bicyclic) bond motifs is 2. The molecule has 0 saturated carbocycles. The third-order valence-corrected chi connectivity index (χ3v) is 6.34. The molecule has 0 spiro atoms. The van der Waals surface area contributed by atoms with Crippen molar-refractivity contribution in [3.63, 3.8) is 0 Å². The van der Waals surface area contributed by atoms with Gasteiger partial charge in [0.15, 0.2) is 5.65 Å². The van der Waals surface area contributed by atoms with Crippen molar-refractivity contribution in [2.24, 2.45) is 0 Å². The molecule has 172 valence electrons. The SMILES string of the molecule is CSc1n[nH]c2nc(Nc3ccc(N4CCOCC4)cc3)nc(Nc3ccc4n[nH]nc4c3)c12. The molecule has 1 aliphatic rings. The number of thioether (sulfide) groups is 1. The van der Waals surface area contributed by atoms with Crippen molar-refractivity contribution in [3.05, 3.63) is 42.5 Å². The zero-order valence-corrected chi connectivity index (χ0v) is 19.2. The maximum atomic E-state index is 5.45. The number of rotatable bonds is 6. The van der Waals surface area contributed by atoms with Crippen LogP contribution >= 0.6 is 11.8 Å². The third-order valence-electron chi connectivity index (χ3n) is 5.66. The summed E-state index contributed by atoms with van der Waals surface area (Å²) in [7, 11) is 0. The topological polar surface area (TPSA) is 133 Å². The summed E-state index contributed by atoms with van der Waals surface area (Å²) >= 11 is 1.53. The van der Waals surface area contributed by atoms with Gasteiger partial charge in [-0.3, -0.25) is 5.10 Å². The molecule has 12 heteroatoms. The second kappa shape index (κ2) is 8.80. The summed E-state index contributed by atoms with van der Waals surface area (Å²) in [6.07, 6.45) is 1.98. The number of nitrogens with one attached hydrogen (secondary N) is 4. The zero-order chi connectivity index (χ0) is 22.9. The fourth-order valence-corrected chi connectivity index (χ4v) is 4.49. The highest BCUT2D eigenvalue weighted by atomic mass is 32.2. The average Bonchev–Trinajstić information content (AvgIpc) is 3.51. The highest BCUT2D eigenvalue weighted by Crippen LogP contribution is 2.32. The predicted octanol–water partition coefficient (Wildman–Crippen LogP) is 3.67. The van der Waals surface area contributed by atoms with Crippen molar-refractivity contribution >= 4 is 62.7 Å². The molecule has 2 aromatic carbocycles. The number of benzene rings is 2. The first-order valence-corrected chi connectivity index (χ1v) is 12.1. The van der Waals surface area contributed by atoms with Gasteiger partial charge in [-0.1, -0.05) is 0 Å². The lowest BCUT2D eigenvalue weighted by Crippen LogP contribution is -2.36. The summed E-state index contributed by atoms with van der Waals surface area (Å²) in [6, 6.07) is 14.0. The van der Waals surface area contributed by atoms with E-state index in [1.165, 1.54) is 17.4 Å². The third kappa shape index (κ3) is 3.97. The first kappa shape index (κ1) is 20.7. The number of hydrogen-bond acceptors (Lipinski definition) is 10. The molecule has 5 aromatic rings. The van der Waals surface area contributed by atoms with Crippen molar-refractivity contribution in [2.75, 3.05) is 48.1 Å². The Balaban J connectivity index is 1.31. The molecule has 4 heterocycles. The minimum Gasteiger partial charge on any atom is -0.378 e. The summed E-state index contributed by atoms with van der Waals surface area (Å²) in [5.41, 5.74) is 5.14. The van der Waals surface area contributed by atoms with E-state index in [0.717, 1.165) is 59.1 Å². The molecular weight excluding hydrogens is 452 g/mol. The Hall–Kier alpha value is -3.90. The Morgan fingerprint density at radius 1 is 0.912 bits per heavy atom. The van der Waals surface area contributed by atoms with E-state index in [-0.39, 0.29) is 0 Å². The first-order chi connectivity index (χ1) is 16.8. The summed E-state index contributed by atoms with van der Waals surface area (Å²) in [4.78, 5) is 11.7. The number of nitrogens with zero attached hydrogens (tertiary/aromatic N) is 6. The van der Waals surface area contributed by atoms with Crippen LogP contribution in [-0.4, -0.2) is 68.1 Å². The fraction of sp³-hybridized carbons (Fsp3) is 0.227. The molecule has 3 aromatic heterocycles. The minimum atomic E-state index is 0.466. The predicted molar refractivity (Wildman–Crippen MR) is 133 cm³/mol. The van der Waals surface area contributed by atoms with E-state index in [0.29, 0.717) is 17.4 Å². The van der Waals surface area contributed by atoms with Gasteiger partial charge in [0.25, 0.3) is 0 Å². The minimum absolute atomic E-state index is 0.466. The Morgan fingerprint density at radius 3 is 2.53 bits per heavy atom. The summed E-state index contributed by atoms with van der Waals surface area (Å²) in [5, 5.41) is 26.7. The summed E-state index contributed by atoms with van der Waals surface area (Å²) in [6.45, 7) is 3.32. The largest absolute Gasteiger partial charge is 0.378 e. The Kier molecular flexibility index (Phi) is 5.35. The van der Waals surface area contributed by atoms with Crippen molar-refractivity contribution in [1.82, 2.24) is 35.6 Å². The van der Waals surface area contributed by atoms with Gasteiger partial charge >= 0.3 is 0 Å². The molecule has 4 N–H and O–H groups in total. The first-order valence-electron chi connectivity index (χ1n) is 10.8. The number of ether oxygens (including phenoxy) is 1. The molecule has 6 rings (SSSR count). The fourth-order valence-electron chi connectivity index (χ4n) is 3.96. The molecule has 1 aliphatic heterocycles. The van der Waals surface area contributed by atoms with Crippen LogP contribution in [0.1, 0.15) is 0 Å². The Morgan fingerprint density at radius 2 is 1.71 bits per heavy atom. The summed E-state index contributed by atoms with van der Waals surface area (Å²) in [5.74, 6) is 1.12. The molecule has 11 nitrogen and oxygen atoms in total. The lowest BCUT2D eigenvalue weighted by Gasteiger charge is -2.28. The van der Waals surface area contributed by atoms with E-state index < -0.39 is 0 Å². The van der Waals surface area contributed by atoms with Gasteiger partial charge in [0.1, 0.15) is 21.9 Å². The van der Waals surface area contributed by atoms with E-state index in [4.69, 9.17) is 9.72 Å². The van der Waals surface area contributed by atoms with Crippen LogP contribution in [0, 0.1) is 0 Å². The molecular formula is C22H22N10OS. The van der Waals surface area contributed by atoms with E-state index in [1.807, 2.05) is 36.6 Å². The molecule has 0 aliphatic carbocycles. The summed E-state index contributed by atoms with van der Waals surface area (Å²) < 4.78 is 5.45. The van der Waals surface area contributed by atoms with Crippen LogP contribution in [0.2, 0.25) is 0 Å². The number of H-pyrrole nitrogens is 2. The number of morpholine rings is 1. The number of aromatic amines is 2. The molecule has 0 radical (unpaired) electrons. The molecule has 0 bridgehead atoms. The van der Waals surface area contributed by atoms with Gasteiger partial charge in [0, 0.05) is 30.2 Å². The van der Waals surface area contributed by atoms with Crippen molar-refractivity contribution in [2.45, 2.75) is 5.03 Å². The smallest absolute Gasteiger partial charge is 0.231 e. The lowest BCUT2D eigenvalue weighted by molar-refractivity contribution is 0.122. The molecule has 1 fully saturated rings. The maximum Gasteiger partial charge on any atom is 0.231 e. The maximum absolute atomic E-state index is 5.45. The Bertz CT molecular complexity index is 1440. The molecule has 0 unspecified atom stereocenters. The van der Waals surface area contributed by atoms with Crippen molar-refractivity contribution in [1.29, 1.82) is 0 Å². The van der Waals surface area contributed by atoms with Crippen LogP contribution in [0.4, 0.5) is 28.8 Å². The molecule has 34 heavy (non-hydrogen) atoms. The molecule has 0 atom stereocenters. The van der Waals surface area contributed by atoms with Crippen LogP contribution in [0.3, 0.4) is 0 Å². The van der Waals surface area contributed by atoms with Crippen LogP contribution in [0.25, 0.3) is 22.1 Å². The van der Waals surface area contributed by atoms with Crippen LogP contribution < -0.4 is 15.5 Å². The molecule has 1 saturated heterocycles. The number of aromatic nitrogens is 7. The van der Waals surface area contributed by atoms with Crippen LogP contribution in [-0.2, 0) is 4.74 Å². The van der Waals surface area contributed by atoms with Crippen molar-refractivity contribution < 1.29 is 4.74 Å². The monoisotopic (exact) mass is 474 g/mol. The normalized spacial score (nSPS) is 14.1. The van der Waals surface area contributed by atoms with Gasteiger partial charge in [0.2, 0.25) is 5.95 Å². The van der Waals surface area contributed by atoms with E-state index in [1.54, 1.807) is 0 Å². The zero-order valence-electron chi connectivity index (χ0n) is 18.4. The second-order valence-corrected chi connectivity index (χ2v) is 8.57. The van der Waals surface area contributed by atoms with Crippen molar-refractivity contribution in [3.8, 4) is 0 Å². The van der Waals surface area contributed by atoms with Gasteiger partial charge < -0.3 is 20.3 Å². The van der Waals surface area contributed by atoms with E-state index in [9.17, 15) is 0 Å². The Labute approximate surface area is 198 Å². The number of anilines is 5. The molecule has 0 amide bonds. The van der Waals surface area contributed by atoms with Gasteiger partial charge in [-0.05, 0) is 48.7 Å². The standard InChI is InChI=1S/C22H22N10OS/c1-34-21-18-19(23-14-4-7-16-17(12-14)28-31-27-16)25-22(26-20(18)29-30-21)24-13-2-5-15(6-3-13)32-8-10-33-11-9-32/h2-7,12H,8-11H2,1H3,(H,27,28,31)(H3,23,24,25,26,29,30). The lowest BCUT2D eigenvalue weighted by atomic mass is 10.2. The van der Waals surface area contributed by atoms with Gasteiger partial charge in [-0.25, -0.2) is 0 Å². The van der Waals surface area contributed by atoms with Gasteiger partial charge in [0.05, 0.1) is 18.6 Å². The van der Waals surface area contributed by atoms with Gasteiger partial charge in [-0.2, -0.15) is 30.5 Å². The quantitative estimate of drug-likeness (QED) is 0.270. The average molecular weight is 475 g/mol. The highest BCUT2D eigenvalue weighted by molar-refractivity contribution is 7.98. The van der Waals surface area contributed by atoms with E-state index >= 15 is 0 Å². The van der Waals surface area contributed by atoms with Crippen LogP contribution in [0.15, 0.2) is 47.5 Å².